The molecule has 0 aliphatic carbocycles. The van der Waals surface area contributed by atoms with Crippen LogP contribution in [0.15, 0.2) is 70.1 Å². The van der Waals surface area contributed by atoms with E-state index in [0.29, 0.717) is 44.3 Å². The Morgan fingerprint density at radius 3 is 2.40 bits per heavy atom. The van der Waals surface area contributed by atoms with Gasteiger partial charge in [-0.15, -0.1) is 0 Å². The van der Waals surface area contributed by atoms with Gasteiger partial charge in [0.1, 0.15) is 6.61 Å². The molecule has 40 heavy (non-hydrogen) atoms. The molecule has 1 atom stereocenters. The predicted molar refractivity (Wildman–Crippen MR) is 149 cm³/mol. The number of benzene rings is 2. The quantitative estimate of drug-likeness (QED) is 0.221. The van der Waals surface area contributed by atoms with E-state index < -0.39 is 18.0 Å². The van der Waals surface area contributed by atoms with Crippen molar-refractivity contribution in [3.8, 4) is 23.0 Å². The summed E-state index contributed by atoms with van der Waals surface area (Å²) in [6.45, 7) is 6.94. The zero-order chi connectivity index (χ0) is 29.0. The molecular weight excluding hydrogens is 536 g/mol. The second kappa shape index (κ2) is 12.0. The number of methoxy groups -OCH3 is 3. The van der Waals surface area contributed by atoms with E-state index in [1.54, 1.807) is 55.5 Å². The maximum Gasteiger partial charge on any atom is 0.338 e. The third-order valence-corrected chi connectivity index (χ3v) is 7.01. The lowest BCUT2D eigenvalue weighted by molar-refractivity contribution is -0.136. The molecule has 1 aliphatic heterocycles. The summed E-state index contributed by atoms with van der Waals surface area (Å²) in [7, 11) is 4.23. The van der Waals surface area contributed by atoms with Gasteiger partial charge in [0.25, 0.3) is 5.56 Å². The Morgan fingerprint density at radius 1 is 1.05 bits per heavy atom. The van der Waals surface area contributed by atoms with Crippen LogP contribution in [-0.4, -0.2) is 44.4 Å². The van der Waals surface area contributed by atoms with Crippen molar-refractivity contribution in [2.45, 2.75) is 19.9 Å². The number of rotatable bonds is 9. The van der Waals surface area contributed by atoms with Gasteiger partial charge in [-0.2, -0.15) is 0 Å². The van der Waals surface area contributed by atoms with Gasteiger partial charge in [0.15, 0.2) is 27.8 Å². The topological polar surface area (TPSA) is 115 Å². The molecule has 3 aromatic rings. The summed E-state index contributed by atoms with van der Waals surface area (Å²) in [5, 5.41) is 0. The molecule has 0 fully saturated rings. The van der Waals surface area contributed by atoms with E-state index >= 15 is 0 Å². The van der Waals surface area contributed by atoms with Gasteiger partial charge in [-0.3, -0.25) is 14.2 Å². The van der Waals surface area contributed by atoms with Crippen LogP contribution in [0, 0.1) is 0 Å². The minimum Gasteiger partial charge on any atom is -0.493 e. The van der Waals surface area contributed by atoms with Gasteiger partial charge < -0.3 is 23.7 Å². The molecule has 1 unspecified atom stereocenters. The fourth-order valence-electron chi connectivity index (χ4n) is 4.29. The molecule has 0 spiro atoms. The van der Waals surface area contributed by atoms with Crippen LogP contribution < -0.4 is 33.8 Å². The summed E-state index contributed by atoms with van der Waals surface area (Å²) in [5.41, 5.74) is 1.52. The highest BCUT2D eigenvalue weighted by molar-refractivity contribution is 7.07. The summed E-state index contributed by atoms with van der Waals surface area (Å²) < 4.78 is 28.6. The molecule has 11 heteroatoms. The Hall–Kier alpha value is -4.64. The minimum absolute atomic E-state index is 0.203. The summed E-state index contributed by atoms with van der Waals surface area (Å²) in [4.78, 5) is 43.3. The number of hydrogen-bond donors (Lipinski definition) is 0. The van der Waals surface area contributed by atoms with Crippen LogP contribution in [0.25, 0.3) is 6.08 Å². The van der Waals surface area contributed by atoms with Crippen LogP contribution in [0.4, 0.5) is 0 Å². The second-order valence-electron chi connectivity index (χ2n) is 8.59. The van der Waals surface area contributed by atoms with Crippen molar-refractivity contribution in [3.05, 3.63) is 91.1 Å². The zero-order valence-electron chi connectivity index (χ0n) is 22.7. The van der Waals surface area contributed by atoms with Gasteiger partial charge in [0, 0.05) is 6.92 Å². The maximum absolute atomic E-state index is 13.8. The van der Waals surface area contributed by atoms with Crippen molar-refractivity contribution in [1.29, 1.82) is 0 Å². The highest BCUT2D eigenvalue weighted by atomic mass is 32.1. The summed E-state index contributed by atoms with van der Waals surface area (Å²) in [5.74, 6) is 0.390. The number of fused-ring (bicyclic) bond motifs is 1. The summed E-state index contributed by atoms with van der Waals surface area (Å²) in [6, 6.07) is 9.29. The molecule has 0 bridgehead atoms. The fourth-order valence-corrected chi connectivity index (χ4v) is 5.34. The lowest BCUT2D eigenvalue weighted by Crippen LogP contribution is -2.39. The third-order valence-electron chi connectivity index (χ3n) is 6.03. The molecule has 10 nitrogen and oxygen atoms in total. The van der Waals surface area contributed by atoms with Crippen molar-refractivity contribution in [3.63, 3.8) is 0 Å². The first-order valence-electron chi connectivity index (χ1n) is 12.1. The highest BCUT2D eigenvalue weighted by Gasteiger charge is 2.33. The SMILES string of the molecule is C=CCOc1ccc(/C=c2\sc3n(c2=O)C(c2ccc(OC(C)=O)c(OC)c2)C(C(=O)OC)=C(C)N=3)cc1OC. The van der Waals surface area contributed by atoms with Gasteiger partial charge in [-0.05, 0) is 48.4 Å². The fraction of sp³-hybridized carbons (Fsp3) is 0.241. The van der Waals surface area contributed by atoms with Crippen molar-refractivity contribution in [1.82, 2.24) is 4.57 Å². The predicted octanol–water partition coefficient (Wildman–Crippen LogP) is 2.92. The van der Waals surface area contributed by atoms with Crippen LogP contribution in [0.5, 0.6) is 23.0 Å². The first kappa shape index (κ1) is 28.4. The number of ether oxygens (including phenoxy) is 5. The molecular formula is C29H28N2O8S. The summed E-state index contributed by atoms with van der Waals surface area (Å²) >= 11 is 1.19. The van der Waals surface area contributed by atoms with Gasteiger partial charge >= 0.3 is 11.9 Å². The zero-order valence-corrected chi connectivity index (χ0v) is 23.5. The standard InChI is InChI=1S/C29H28N2O8S/c1-7-12-38-20-10-8-18(13-22(20)35-4)14-24-27(33)31-26(25(28(34)37-6)16(2)30-29(31)40-24)19-9-11-21(39-17(3)32)23(15-19)36-5/h7-11,13-15,26H,1,12H2,2-6H3/b24-14-. The average molecular weight is 565 g/mol. The van der Waals surface area contributed by atoms with E-state index in [1.807, 2.05) is 0 Å². The lowest BCUT2D eigenvalue weighted by Gasteiger charge is -2.25. The van der Waals surface area contributed by atoms with Crippen LogP contribution in [0.2, 0.25) is 0 Å². The molecule has 2 heterocycles. The van der Waals surface area contributed by atoms with Crippen LogP contribution in [0.3, 0.4) is 0 Å². The molecule has 1 aromatic heterocycles. The normalized spacial score (nSPS) is 14.6. The Kier molecular flexibility index (Phi) is 8.54. The monoisotopic (exact) mass is 564 g/mol. The van der Waals surface area contributed by atoms with E-state index in [9.17, 15) is 14.4 Å². The average Bonchev–Trinajstić information content (AvgIpc) is 3.24. The van der Waals surface area contributed by atoms with E-state index in [2.05, 4.69) is 11.6 Å². The van der Waals surface area contributed by atoms with E-state index in [1.165, 1.54) is 44.2 Å². The number of carbonyl (C=O) groups is 2. The van der Waals surface area contributed by atoms with Gasteiger partial charge in [0.05, 0.1) is 43.2 Å². The van der Waals surface area contributed by atoms with Gasteiger partial charge in [0.2, 0.25) is 0 Å². The van der Waals surface area contributed by atoms with E-state index in [0.717, 1.165) is 0 Å². The Morgan fingerprint density at radius 2 is 1.75 bits per heavy atom. The minimum atomic E-state index is -0.865. The molecule has 0 amide bonds. The van der Waals surface area contributed by atoms with Crippen LogP contribution in [-0.2, 0) is 14.3 Å². The van der Waals surface area contributed by atoms with Crippen molar-refractivity contribution in [2.75, 3.05) is 27.9 Å². The first-order valence-corrected chi connectivity index (χ1v) is 12.9. The van der Waals surface area contributed by atoms with Crippen molar-refractivity contribution in [2.24, 2.45) is 4.99 Å². The number of carbonyl (C=O) groups excluding carboxylic acids is 2. The third kappa shape index (κ3) is 5.55. The number of esters is 2. The van der Waals surface area contributed by atoms with Crippen molar-refractivity contribution >= 4 is 29.4 Å². The molecule has 0 N–H and O–H groups in total. The summed E-state index contributed by atoms with van der Waals surface area (Å²) in [6.07, 6.45) is 3.36. The number of allylic oxidation sites excluding steroid dienone is 1. The second-order valence-corrected chi connectivity index (χ2v) is 9.60. The Balaban J connectivity index is 1.89. The molecule has 0 radical (unpaired) electrons. The number of nitrogens with zero attached hydrogens (tertiary/aromatic N) is 2. The Labute approximate surface area is 234 Å². The number of aromatic nitrogens is 1. The van der Waals surface area contributed by atoms with E-state index in [-0.39, 0.29) is 22.6 Å². The van der Waals surface area contributed by atoms with E-state index in [4.69, 9.17) is 23.7 Å². The number of hydrogen-bond acceptors (Lipinski definition) is 10. The molecule has 0 saturated heterocycles. The molecule has 0 saturated carbocycles. The Bertz CT molecular complexity index is 1700. The molecule has 2 aromatic carbocycles. The largest absolute Gasteiger partial charge is 0.493 e. The smallest absolute Gasteiger partial charge is 0.338 e. The van der Waals surface area contributed by atoms with Gasteiger partial charge in [-0.25, -0.2) is 9.79 Å². The lowest BCUT2D eigenvalue weighted by atomic mass is 9.95. The molecule has 208 valence electrons. The highest BCUT2D eigenvalue weighted by Crippen LogP contribution is 2.36. The van der Waals surface area contributed by atoms with Crippen LogP contribution >= 0.6 is 11.3 Å². The first-order chi connectivity index (χ1) is 19.2. The molecule has 1 aliphatic rings. The molecule has 4 rings (SSSR count). The number of thiazole rings is 1. The maximum atomic E-state index is 13.8. The van der Waals surface area contributed by atoms with Gasteiger partial charge in [-0.1, -0.05) is 36.1 Å². The van der Waals surface area contributed by atoms with Crippen LogP contribution in [0.1, 0.15) is 31.0 Å². The van der Waals surface area contributed by atoms with Crippen molar-refractivity contribution < 1.29 is 33.3 Å².